The van der Waals surface area contributed by atoms with Gasteiger partial charge < -0.3 is 19.3 Å². The number of ether oxygens (including phenoxy) is 3. The number of aliphatic hydroxyl groups is 1. The van der Waals surface area contributed by atoms with E-state index in [0.717, 1.165) is 5.56 Å². The molecule has 1 aliphatic heterocycles. The van der Waals surface area contributed by atoms with Crippen molar-refractivity contribution in [2.45, 2.75) is 19.4 Å². The smallest absolute Gasteiger partial charge is 0.168 e. The van der Waals surface area contributed by atoms with E-state index in [-0.39, 0.29) is 0 Å². The van der Waals surface area contributed by atoms with Crippen LogP contribution in [0.1, 0.15) is 12.5 Å². The average molecular weight is 259 g/mol. The summed E-state index contributed by atoms with van der Waals surface area (Å²) in [5.74, 6) is 1.77. The van der Waals surface area contributed by atoms with Crippen molar-refractivity contribution < 1.29 is 19.3 Å². The van der Waals surface area contributed by atoms with Gasteiger partial charge in [0.2, 0.25) is 0 Å². The molecule has 2 rings (SSSR count). The third kappa shape index (κ3) is 2.42. The van der Waals surface area contributed by atoms with Crippen LogP contribution in [0, 0.1) is 0 Å². The van der Waals surface area contributed by atoms with Crippen LogP contribution < -0.4 is 14.2 Å². The van der Waals surface area contributed by atoms with Gasteiger partial charge in [0, 0.05) is 18.1 Å². The summed E-state index contributed by atoms with van der Waals surface area (Å²) in [6, 6.07) is 1.68. The van der Waals surface area contributed by atoms with Gasteiger partial charge in [0.15, 0.2) is 11.5 Å². The normalized spacial score (nSPS) is 15.5. The van der Waals surface area contributed by atoms with Gasteiger partial charge in [0.1, 0.15) is 19.0 Å². The van der Waals surface area contributed by atoms with E-state index < -0.39 is 6.10 Å². The van der Waals surface area contributed by atoms with Crippen molar-refractivity contribution in [3.05, 3.63) is 16.7 Å². The fourth-order valence-electron chi connectivity index (χ4n) is 1.90. The molecule has 0 saturated carbocycles. The Balaban J connectivity index is 2.53. The minimum absolute atomic E-state index is 0.412. The van der Waals surface area contributed by atoms with Gasteiger partial charge in [-0.25, -0.2) is 0 Å². The van der Waals surface area contributed by atoms with Crippen LogP contribution in [0.4, 0.5) is 0 Å². The van der Waals surface area contributed by atoms with E-state index >= 15 is 0 Å². The molecule has 0 fully saturated rings. The van der Waals surface area contributed by atoms with Crippen molar-refractivity contribution in [1.82, 2.24) is 0 Å². The molecule has 1 heterocycles. The molecule has 5 heteroatoms. The molecule has 0 saturated heterocycles. The number of benzene rings is 1. The predicted octanol–water partition coefficient (Wildman–Crippen LogP) is 2.04. The Morgan fingerprint density at radius 3 is 2.82 bits per heavy atom. The van der Waals surface area contributed by atoms with Crippen LogP contribution in [0.5, 0.6) is 17.2 Å². The summed E-state index contributed by atoms with van der Waals surface area (Å²) in [7, 11) is 1.54. The Morgan fingerprint density at radius 1 is 1.47 bits per heavy atom. The van der Waals surface area contributed by atoms with Crippen molar-refractivity contribution in [1.29, 1.82) is 0 Å². The lowest BCUT2D eigenvalue weighted by Crippen LogP contribution is -2.18. The van der Waals surface area contributed by atoms with Gasteiger partial charge in [-0.05, 0) is 6.92 Å². The van der Waals surface area contributed by atoms with Crippen LogP contribution in [0.25, 0.3) is 0 Å². The zero-order valence-corrected chi connectivity index (χ0v) is 10.6. The molecule has 0 amide bonds. The highest BCUT2D eigenvalue weighted by atomic mass is 35.5. The maximum Gasteiger partial charge on any atom is 0.168 e. The van der Waals surface area contributed by atoms with E-state index in [9.17, 15) is 5.11 Å². The number of halogens is 1. The molecular formula is C12H15ClO4. The predicted molar refractivity (Wildman–Crippen MR) is 64.4 cm³/mol. The molecule has 94 valence electrons. The first-order valence-corrected chi connectivity index (χ1v) is 5.84. The van der Waals surface area contributed by atoms with E-state index in [1.807, 2.05) is 0 Å². The number of methoxy groups -OCH3 is 1. The highest BCUT2D eigenvalue weighted by Crippen LogP contribution is 2.44. The quantitative estimate of drug-likeness (QED) is 0.901. The SMILES string of the molecule is COc1c(Cl)cc2c(c1CC(C)O)OCCO2. The van der Waals surface area contributed by atoms with Crippen LogP contribution in [-0.2, 0) is 6.42 Å². The topological polar surface area (TPSA) is 47.9 Å². The lowest BCUT2D eigenvalue weighted by atomic mass is 10.0. The van der Waals surface area contributed by atoms with E-state index in [0.29, 0.717) is 41.9 Å². The largest absolute Gasteiger partial charge is 0.495 e. The minimum Gasteiger partial charge on any atom is -0.495 e. The molecule has 1 aliphatic rings. The Labute approximate surface area is 105 Å². The molecule has 1 atom stereocenters. The van der Waals surface area contributed by atoms with Crippen LogP contribution in [0.15, 0.2) is 6.07 Å². The minimum atomic E-state index is -0.503. The molecule has 0 aromatic heterocycles. The number of hydrogen-bond donors (Lipinski definition) is 1. The molecule has 0 bridgehead atoms. The lowest BCUT2D eigenvalue weighted by Gasteiger charge is -2.24. The molecule has 1 unspecified atom stereocenters. The van der Waals surface area contributed by atoms with Crippen molar-refractivity contribution in [3.63, 3.8) is 0 Å². The number of aliphatic hydroxyl groups excluding tert-OH is 1. The third-order valence-corrected chi connectivity index (χ3v) is 2.82. The molecule has 4 nitrogen and oxygen atoms in total. The Hall–Kier alpha value is -1.13. The second-order valence-corrected chi connectivity index (χ2v) is 4.35. The van der Waals surface area contributed by atoms with Crippen LogP contribution in [0.2, 0.25) is 5.02 Å². The van der Waals surface area contributed by atoms with Crippen LogP contribution in [0.3, 0.4) is 0 Å². The molecule has 1 aromatic rings. The second kappa shape index (κ2) is 5.02. The average Bonchev–Trinajstić information content (AvgIpc) is 2.28. The highest BCUT2D eigenvalue weighted by Gasteiger charge is 2.23. The Kier molecular flexibility index (Phi) is 3.64. The third-order valence-electron chi connectivity index (χ3n) is 2.54. The first-order chi connectivity index (χ1) is 8.13. The number of hydrogen-bond acceptors (Lipinski definition) is 4. The first-order valence-electron chi connectivity index (χ1n) is 5.46. The van der Waals surface area contributed by atoms with Gasteiger partial charge in [-0.3, -0.25) is 0 Å². The first kappa shape index (κ1) is 12.3. The highest BCUT2D eigenvalue weighted by molar-refractivity contribution is 6.32. The second-order valence-electron chi connectivity index (χ2n) is 3.95. The van der Waals surface area contributed by atoms with Crippen LogP contribution in [-0.4, -0.2) is 31.5 Å². The molecule has 0 spiro atoms. The van der Waals surface area contributed by atoms with Crippen LogP contribution >= 0.6 is 11.6 Å². The number of fused-ring (bicyclic) bond motifs is 1. The zero-order valence-electron chi connectivity index (χ0n) is 9.83. The van der Waals surface area contributed by atoms with Gasteiger partial charge in [-0.1, -0.05) is 11.6 Å². The molecule has 0 aliphatic carbocycles. The molecule has 1 aromatic carbocycles. The van der Waals surface area contributed by atoms with Crippen molar-refractivity contribution >= 4 is 11.6 Å². The molecular weight excluding hydrogens is 244 g/mol. The maximum absolute atomic E-state index is 9.52. The van der Waals surface area contributed by atoms with Crippen molar-refractivity contribution in [2.75, 3.05) is 20.3 Å². The summed E-state index contributed by atoms with van der Waals surface area (Å²) in [5.41, 5.74) is 0.754. The monoisotopic (exact) mass is 258 g/mol. The molecule has 17 heavy (non-hydrogen) atoms. The fraction of sp³-hybridized carbons (Fsp3) is 0.500. The molecule has 0 radical (unpaired) electrons. The van der Waals surface area contributed by atoms with Gasteiger partial charge in [-0.2, -0.15) is 0 Å². The summed E-state index contributed by atoms with van der Waals surface area (Å²) in [4.78, 5) is 0. The van der Waals surface area contributed by atoms with Crippen molar-refractivity contribution in [3.8, 4) is 17.2 Å². The lowest BCUT2D eigenvalue weighted by molar-refractivity contribution is 0.162. The maximum atomic E-state index is 9.52. The Morgan fingerprint density at radius 2 is 2.18 bits per heavy atom. The standard InChI is InChI=1S/C12H15ClO4/c1-7(14)5-8-11(15-2)9(13)6-10-12(8)17-4-3-16-10/h6-7,14H,3-5H2,1-2H3. The summed E-state index contributed by atoms with van der Waals surface area (Å²) < 4.78 is 16.3. The van der Waals surface area contributed by atoms with Gasteiger partial charge in [0.25, 0.3) is 0 Å². The summed E-state index contributed by atoms with van der Waals surface area (Å²) >= 11 is 6.11. The van der Waals surface area contributed by atoms with Gasteiger partial charge in [-0.15, -0.1) is 0 Å². The van der Waals surface area contributed by atoms with E-state index in [4.69, 9.17) is 25.8 Å². The summed E-state index contributed by atoms with van der Waals surface area (Å²) in [6.45, 7) is 2.70. The summed E-state index contributed by atoms with van der Waals surface area (Å²) in [5, 5.41) is 9.99. The summed E-state index contributed by atoms with van der Waals surface area (Å²) in [6.07, 6.45) is -0.0907. The number of rotatable bonds is 3. The van der Waals surface area contributed by atoms with Gasteiger partial charge in [0.05, 0.1) is 18.2 Å². The Bertz CT molecular complexity index is 417. The van der Waals surface area contributed by atoms with E-state index in [1.54, 1.807) is 20.1 Å². The fourth-order valence-corrected chi connectivity index (χ4v) is 2.19. The van der Waals surface area contributed by atoms with Gasteiger partial charge >= 0.3 is 0 Å². The van der Waals surface area contributed by atoms with E-state index in [1.165, 1.54) is 0 Å². The van der Waals surface area contributed by atoms with Crippen molar-refractivity contribution in [2.24, 2.45) is 0 Å². The van der Waals surface area contributed by atoms with E-state index in [2.05, 4.69) is 0 Å². The zero-order chi connectivity index (χ0) is 12.4. The molecule has 1 N–H and O–H groups in total.